The second-order valence-electron chi connectivity index (χ2n) is 3.79. The Balaban J connectivity index is 2.70. The van der Waals surface area contributed by atoms with Crippen LogP contribution in [0.15, 0.2) is 12.3 Å². The number of nitrogens with one attached hydrogen (secondary N) is 2. The minimum Gasteiger partial charge on any atom is -0.355 e. The highest BCUT2D eigenvalue weighted by Gasteiger charge is 2.18. The Labute approximate surface area is 105 Å². The number of rotatable bonds is 6. The molecule has 0 unspecified atom stereocenters. The summed E-state index contributed by atoms with van der Waals surface area (Å²) < 4.78 is 0. The third kappa shape index (κ3) is 3.69. The molecule has 1 aromatic rings. The summed E-state index contributed by atoms with van der Waals surface area (Å²) in [4.78, 5) is 25.6. The van der Waals surface area contributed by atoms with Crippen LogP contribution in [-0.4, -0.2) is 28.9 Å². The largest absolute Gasteiger partial charge is 0.355 e. The van der Waals surface area contributed by atoms with Gasteiger partial charge in [0.15, 0.2) is 0 Å². The molecule has 1 aromatic heterocycles. The first kappa shape index (κ1) is 13.9. The summed E-state index contributed by atoms with van der Waals surface area (Å²) in [6.45, 7) is 4.13. The van der Waals surface area contributed by atoms with Crippen LogP contribution in [-0.2, 0) is 4.79 Å². The summed E-state index contributed by atoms with van der Waals surface area (Å²) in [6, 6.07) is 1.56. The van der Waals surface area contributed by atoms with Gasteiger partial charge in [0.1, 0.15) is 0 Å². The SMILES string of the molecule is CCCNC(=O)CNc1nccc(C)c1[N+](=O)[O-]. The fourth-order valence-corrected chi connectivity index (χ4v) is 1.40. The number of hydrogen-bond acceptors (Lipinski definition) is 5. The molecule has 0 aliphatic carbocycles. The van der Waals surface area contributed by atoms with Crippen molar-refractivity contribution in [1.29, 1.82) is 0 Å². The van der Waals surface area contributed by atoms with Crippen molar-refractivity contribution in [2.45, 2.75) is 20.3 Å². The molecular weight excluding hydrogens is 236 g/mol. The van der Waals surface area contributed by atoms with Gasteiger partial charge in [-0.25, -0.2) is 4.98 Å². The molecule has 0 aliphatic rings. The Morgan fingerprint density at radius 1 is 1.56 bits per heavy atom. The van der Waals surface area contributed by atoms with Gasteiger partial charge in [-0.3, -0.25) is 14.9 Å². The zero-order valence-corrected chi connectivity index (χ0v) is 10.4. The molecule has 0 fully saturated rings. The van der Waals surface area contributed by atoms with Crippen molar-refractivity contribution < 1.29 is 9.72 Å². The molecule has 0 atom stereocenters. The molecule has 0 spiro atoms. The Hall–Kier alpha value is -2.18. The van der Waals surface area contributed by atoms with E-state index in [2.05, 4.69) is 15.6 Å². The first-order valence-electron chi connectivity index (χ1n) is 5.66. The molecule has 1 heterocycles. The van der Waals surface area contributed by atoms with Gasteiger partial charge in [-0.05, 0) is 19.4 Å². The van der Waals surface area contributed by atoms with Crippen molar-refractivity contribution in [2.75, 3.05) is 18.4 Å². The highest BCUT2D eigenvalue weighted by atomic mass is 16.6. The fourth-order valence-electron chi connectivity index (χ4n) is 1.40. The van der Waals surface area contributed by atoms with Crippen LogP contribution in [0.2, 0.25) is 0 Å². The van der Waals surface area contributed by atoms with E-state index in [0.717, 1.165) is 6.42 Å². The van der Waals surface area contributed by atoms with Crippen molar-refractivity contribution in [2.24, 2.45) is 0 Å². The lowest BCUT2D eigenvalue weighted by atomic mass is 10.2. The lowest BCUT2D eigenvalue weighted by Crippen LogP contribution is -2.30. The molecule has 0 saturated carbocycles. The summed E-state index contributed by atoms with van der Waals surface area (Å²) in [5.74, 6) is -0.0962. The smallest absolute Gasteiger partial charge is 0.314 e. The third-order valence-electron chi connectivity index (χ3n) is 2.30. The summed E-state index contributed by atoms with van der Waals surface area (Å²) in [6.07, 6.45) is 2.31. The van der Waals surface area contributed by atoms with Gasteiger partial charge in [-0.1, -0.05) is 6.92 Å². The average molecular weight is 252 g/mol. The van der Waals surface area contributed by atoms with Gasteiger partial charge in [0.05, 0.1) is 11.5 Å². The molecule has 0 bridgehead atoms. The molecule has 18 heavy (non-hydrogen) atoms. The van der Waals surface area contributed by atoms with Crippen molar-refractivity contribution in [1.82, 2.24) is 10.3 Å². The topological polar surface area (TPSA) is 97.2 Å². The lowest BCUT2D eigenvalue weighted by molar-refractivity contribution is -0.384. The summed E-state index contributed by atoms with van der Waals surface area (Å²) >= 11 is 0. The second-order valence-corrected chi connectivity index (χ2v) is 3.79. The Bertz CT molecular complexity index is 448. The summed E-state index contributed by atoms with van der Waals surface area (Å²) in [7, 11) is 0. The van der Waals surface area contributed by atoms with Gasteiger partial charge in [0.2, 0.25) is 11.7 Å². The Morgan fingerprint density at radius 3 is 2.89 bits per heavy atom. The van der Waals surface area contributed by atoms with Gasteiger partial charge < -0.3 is 10.6 Å². The summed E-state index contributed by atoms with van der Waals surface area (Å²) in [5.41, 5.74) is 0.409. The molecule has 0 aliphatic heterocycles. The number of hydrogen-bond donors (Lipinski definition) is 2. The van der Waals surface area contributed by atoms with E-state index in [-0.39, 0.29) is 24.0 Å². The van der Waals surface area contributed by atoms with E-state index in [0.29, 0.717) is 12.1 Å². The zero-order valence-electron chi connectivity index (χ0n) is 10.4. The maximum atomic E-state index is 11.4. The van der Waals surface area contributed by atoms with Gasteiger partial charge in [0.25, 0.3) is 0 Å². The van der Waals surface area contributed by atoms with E-state index in [1.165, 1.54) is 6.20 Å². The van der Waals surface area contributed by atoms with Gasteiger partial charge in [0, 0.05) is 18.3 Å². The lowest BCUT2D eigenvalue weighted by Gasteiger charge is -2.07. The van der Waals surface area contributed by atoms with E-state index >= 15 is 0 Å². The van der Waals surface area contributed by atoms with Crippen LogP contribution in [0.4, 0.5) is 11.5 Å². The monoisotopic (exact) mass is 252 g/mol. The number of aryl methyl sites for hydroxylation is 1. The quantitative estimate of drug-likeness (QED) is 0.586. The molecule has 1 amide bonds. The Morgan fingerprint density at radius 2 is 2.28 bits per heavy atom. The molecule has 0 aromatic carbocycles. The summed E-state index contributed by atoms with van der Waals surface area (Å²) in [5, 5.41) is 16.2. The predicted molar refractivity (Wildman–Crippen MR) is 67.4 cm³/mol. The van der Waals surface area contributed by atoms with E-state index in [1.54, 1.807) is 13.0 Å². The number of carbonyl (C=O) groups excluding carboxylic acids is 1. The van der Waals surface area contributed by atoms with E-state index in [9.17, 15) is 14.9 Å². The number of amides is 1. The minimum atomic E-state index is -0.505. The maximum Gasteiger partial charge on any atom is 0.314 e. The number of nitrogens with zero attached hydrogens (tertiary/aromatic N) is 2. The number of carbonyl (C=O) groups is 1. The fraction of sp³-hybridized carbons (Fsp3) is 0.455. The van der Waals surface area contributed by atoms with Crippen LogP contribution < -0.4 is 10.6 Å². The first-order chi connectivity index (χ1) is 8.56. The van der Waals surface area contributed by atoms with Crippen molar-refractivity contribution in [3.05, 3.63) is 27.9 Å². The van der Waals surface area contributed by atoms with Crippen LogP contribution in [0.1, 0.15) is 18.9 Å². The zero-order chi connectivity index (χ0) is 13.5. The third-order valence-corrected chi connectivity index (χ3v) is 2.30. The van der Waals surface area contributed by atoms with E-state index < -0.39 is 4.92 Å². The maximum absolute atomic E-state index is 11.4. The van der Waals surface area contributed by atoms with Crippen LogP contribution in [0.5, 0.6) is 0 Å². The number of pyridine rings is 1. The van der Waals surface area contributed by atoms with E-state index in [4.69, 9.17) is 0 Å². The molecule has 98 valence electrons. The molecule has 7 heteroatoms. The average Bonchev–Trinajstić information content (AvgIpc) is 2.33. The normalized spacial score (nSPS) is 9.89. The van der Waals surface area contributed by atoms with Crippen molar-refractivity contribution in [3.63, 3.8) is 0 Å². The molecule has 0 radical (unpaired) electrons. The van der Waals surface area contributed by atoms with Crippen LogP contribution in [0, 0.1) is 17.0 Å². The highest BCUT2D eigenvalue weighted by Crippen LogP contribution is 2.24. The van der Waals surface area contributed by atoms with Crippen LogP contribution in [0.3, 0.4) is 0 Å². The molecule has 2 N–H and O–H groups in total. The van der Waals surface area contributed by atoms with Gasteiger partial charge in [-0.2, -0.15) is 0 Å². The second kappa shape index (κ2) is 6.53. The highest BCUT2D eigenvalue weighted by molar-refractivity contribution is 5.81. The van der Waals surface area contributed by atoms with E-state index in [1.807, 2.05) is 6.92 Å². The number of anilines is 1. The number of nitro groups is 1. The minimum absolute atomic E-state index is 0.0305. The van der Waals surface area contributed by atoms with Crippen molar-refractivity contribution >= 4 is 17.4 Å². The van der Waals surface area contributed by atoms with Gasteiger partial charge in [-0.15, -0.1) is 0 Å². The van der Waals surface area contributed by atoms with Gasteiger partial charge >= 0.3 is 5.69 Å². The standard InChI is InChI=1S/C11H16N4O3/c1-3-5-12-9(16)7-14-11-10(15(17)18)8(2)4-6-13-11/h4,6H,3,5,7H2,1-2H3,(H,12,16)(H,13,14). The van der Waals surface area contributed by atoms with Crippen molar-refractivity contribution in [3.8, 4) is 0 Å². The van der Waals surface area contributed by atoms with Crippen LogP contribution >= 0.6 is 0 Å². The number of aromatic nitrogens is 1. The first-order valence-corrected chi connectivity index (χ1v) is 5.66. The molecule has 1 rings (SSSR count). The molecular formula is C11H16N4O3. The predicted octanol–water partition coefficient (Wildman–Crippen LogP) is 1.24. The Kier molecular flexibility index (Phi) is 5.04. The molecule has 7 nitrogen and oxygen atoms in total. The molecule has 0 saturated heterocycles. The van der Waals surface area contributed by atoms with Crippen LogP contribution in [0.25, 0.3) is 0 Å².